The number of rotatable bonds is 3. The second kappa shape index (κ2) is 5.91. The van der Waals surface area contributed by atoms with Gasteiger partial charge in [0, 0.05) is 24.0 Å². The first-order chi connectivity index (χ1) is 11.3. The first-order valence-corrected chi connectivity index (χ1v) is 8.27. The van der Waals surface area contributed by atoms with Gasteiger partial charge in [0.2, 0.25) is 0 Å². The Bertz CT molecular complexity index is 803. The van der Waals surface area contributed by atoms with Gasteiger partial charge >= 0.3 is 0 Å². The summed E-state index contributed by atoms with van der Waals surface area (Å²) in [6, 6.07) is 10.7. The first-order valence-electron chi connectivity index (χ1n) is 8.27. The third-order valence-corrected chi connectivity index (χ3v) is 4.56. The molecule has 0 amide bonds. The lowest BCUT2D eigenvalue weighted by Crippen LogP contribution is -2.23. The van der Waals surface area contributed by atoms with Crippen LogP contribution in [0.25, 0.3) is 16.9 Å². The summed E-state index contributed by atoms with van der Waals surface area (Å²) < 4.78 is 2.03. The van der Waals surface area contributed by atoms with Gasteiger partial charge in [0.25, 0.3) is 0 Å². The molecule has 3 N–H and O–H groups in total. The van der Waals surface area contributed by atoms with Crippen molar-refractivity contribution >= 4 is 17.3 Å². The van der Waals surface area contributed by atoms with E-state index < -0.39 is 0 Å². The van der Waals surface area contributed by atoms with Crippen molar-refractivity contribution in [3.63, 3.8) is 0 Å². The molecule has 0 saturated heterocycles. The number of fused-ring (bicyclic) bond motifs is 1. The Labute approximate surface area is 135 Å². The van der Waals surface area contributed by atoms with Gasteiger partial charge < -0.3 is 11.1 Å². The fraction of sp³-hybridized carbons (Fsp3) is 0.333. The monoisotopic (exact) mass is 307 g/mol. The lowest BCUT2D eigenvalue weighted by atomic mass is 9.95. The van der Waals surface area contributed by atoms with Gasteiger partial charge in [-0.3, -0.25) is 4.40 Å². The van der Waals surface area contributed by atoms with Crippen LogP contribution in [-0.4, -0.2) is 20.4 Å². The zero-order chi connectivity index (χ0) is 15.6. The molecule has 3 aromatic rings. The van der Waals surface area contributed by atoms with E-state index in [1.54, 1.807) is 6.20 Å². The van der Waals surface area contributed by atoms with Crippen LogP contribution in [0.2, 0.25) is 0 Å². The minimum Gasteiger partial charge on any atom is -0.381 e. The van der Waals surface area contributed by atoms with Gasteiger partial charge in [-0.25, -0.2) is 9.97 Å². The van der Waals surface area contributed by atoms with Crippen LogP contribution in [0.5, 0.6) is 0 Å². The highest BCUT2D eigenvalue weighted by atomic mass is 15.2. The summed E-state index contributed by atoms with van der Waals surface area (Å²) in [5.74, 6) is 1.48. The molecule has 2 aromatic heterocycles. The molecule has 0 radical (unpaired) electrons. The summed E-state index contributed by atoms with van der Waals surface area (Å²) in [6.07, 6.45) is 10.00. The lowest BCUT2D eigenvalue weighted by Gasteiger charge is -2.24. The SMILES string of the molecule is Nc1nccn2c(NC3CCCCC3)c(-c3ccccc3)nc12. The Kier molecular flexibility index (Phi) is 3.61. The van der Waals surface area contributed by atoms with Gasteiger partial charge in [-0.2, -0.15) is 0 Å². The number of benzene rings is 1. The Hall–Kier alpha value is -2.56. The molecule has 5 heteroatoms. The first kappa shape index (κ1) is 14.1. The molecule has 0 aliphatic heterocycles. The van der Waals surface area contributed by atoms with E-state index in [4.69, 9.17) is 10.7 Å². The number of aromatic nitrogens is 3. The molecule has 0 spiro atoms. The van der Waals surface area contributed by atoms with Crippen LogP contribution in [0.3, 0.4) is 0 Å². The zero-order valence-electron chi connectivity index (χ0n) is 13.1. The maximum Gasteiger partial charge on any atom is 0.182 e. The van der Waals surface area contributed by atoms with E-state index >= 15 is 0 Å². The lowest BCUT2D eigenvalue weighted by molar-refractivity contribution is 0.462. The molecule has 0 bridgehead atoms. The molecule has 1 aliphatic carbocycles. The number of hydrogen-bond acceptors (Lipinski definition) is 4. The summed E-state index contributed by atoms with van der Waals surface area (Å²) in [5.41, 5.74) is 8.77. The summed E-state index contributed by atoms with van der Waals surface area (Å²) >= 11 is 0. The molecule has 1 aliphatic rings. The van der Waals surface area contributed by atoms with Crippen LogP contribution in [0.1, 0.15) is 32.1 Å². The van der Waals surface area contributed by atoms with Crippen LogP contribution in [0.4, 0.5) is 11.6 Å². The van der Waals surface area contributed by atoms with Gasteiger partial charge in [-0.1, -0.05) is 49.6 Å². The molecule has 118 valence electrons. The number of hydrogen-bond donors (Lipinski definition) is 2. The highest BCUT2D eigenvalue weighted by Crippen LogP contribution is 2.32. The quantitative estimate of drug-likeness (QED) is 0.774. The van der Waals surface area contributed by atoms with E-state index in [-0.39, 0.29) is 0 Å². The molecule has 1 fully saturated rings. The Morgan fingerprint density at radius 2 is 1.87 bits per heavy atom. The molecule has 23 heavy (non-hydrogen) atoms. The van der Waals surface area contributed by atoms with Gasteiger partial charge in [0.15, 0.2) is 11.5 Å². The maximum absolute atomic E-state index is 6.03. The summed E-state index contributed by atoms with van der Waals surface area (Å²) in [5, 5.41) is 3.72. The van der Waals surface area contributed by atoms with Crippen molar-refractivity contribution in [2.24, 2.45) is 0 Å². The Morgan fingerprint density at radius 1 is 1.09 bits per heavy atom. The standard InChI is InChI=1S/C18H21N5/c19-16-18-22-15(13-7-3-1-4-8-13)17(23(18)12-11-20-16)21-14-9-5-2-6-10-14/h1,3-4,7-8,11-12,14,21H,2,5-6,9-10H2,(H2,19,20). The summed E-state index contributed by atoms with van der Waals surface area (Å²) in [6.45, 7) is 0. The highest BCUT2D eigenvalue weighted by Gasteiger charge is 2.20. The Morgan fingerprint density at radius 3 is 2.65 bits per heavy atom. The van der Waals surface area contributed by atoms with E-state index in [1.807, 2.05) is 28.8 Å². The Balaban J connectivity index is 1.83. The van der Waals surface area contributed by atoms with Crippen molar-refractivity contribution in [1.82, 2.24) is 14.4 Å². The third kappa shape index (κ3) is 2.63. The average molecular weight is 307 g/mol. The predicted octanol–water partition coefficient (Wildman–Crippen LogP) is 3.72. The minimum atomic E-state index is 0.460. The highest BCUT2D eigenvalue weighted by molar-refractivity contribution is 5.79. The van der Waals surface area contributed by atoms with E-state index in [2.05, 4.69) is 22.4 Å². The number of imidazole rings is 1. The van der Waals surface area contributed by atoms with Crippen LogP contribution in [0.15, 0.2) is 42.7 Å². The van der Waals surface area contributed by atoms with Gasteiger partial charge in [-0.05, 0) is 12.8 Å². The van der Waals surface area contributed by atoms with Crippen molar-refractivity contribution in [2.75, 3.05) is 11.1 Å². The molecule has 0 atom stereocenters. The summed E-state index contributed by atoms with van der Waals surface area (Å²) in [7, 11) is 0. The van der Waals surface area contributed by atoms with Crippen molar-refractivity contribution in [1.29, 1.82) is 0 Å². The van der Waals surface area contributed by atoms with Crippen molar-refractivity contribution in [3.05, 3.63) is 42.7 Å². The zero-order valence-corrected chi connectivity index (χ0v) is 13.1. The second-order valence-corrected chi connectivity index (χ2v) is 6.16. The number of nitrogens with two attached hydrogens (primary N) is 1. The molecular weight excluding hydrogens is 286 g/mol. The molecule has 1 saturated carbocycles. The van der Waals surface area contributed by atoms with Gasteiger partial charge in [0.1, 0.15) is 11.5 Å². The second-order valence-electron chi connectivity index (χ2n) is 6.16. The number of nitrogens with one attached hydrogen (secondary N) is 1. The topological polar surface area (TPSA) is 68.2 Å². The predicted molar refractivity (Wildman–Crippen MR) is 93.3 cm³/mol. The fourth-order valence-electron chi connectivity index (χ4n) is 3.37. The van der Waals surface area contributed by atoms with Crippen LogP contribution in [-0.2, 0) is 0 Å². The smallest absolute Gasteiger partial charge is 0.182 e. The van der Waals surface area contributed by atoms with E-state index in [9.17, 15) is 0 Å². The van der Waals surface area contributed by atoms with Crippen molar-refractivity contribution < 1.29 is 0 Å². The molecule has 5 nitrogen and oxygen atoms in total. The maximum atomic E-state index is 6.03. The van der Waals surface area contributed by atoms with Gasteiger partial charge in [0.05, 0.1) is 0 Å². The van der Waals surface area contributed by atoms with E-state index in [0.29, 0.717) is 17.5 Å². The molecule has 2 heterocycles. The van der Waals surface area contributed by atoms with Crippen molar-refractivity contribution in [3.8, 4) is 11.3 Å². The largest absolute Gasteiger partial charge is 0.381 e. The molecule has 0 unspecified atom stereocenters. The molecule has 1 aromatic carbocycles. The van der Waals surface area contributed by atoms with Crippen LogP contribution in [0, 0.1) is 0 Å². The summed E-state index contributed by atoms with van der Waals surface area (Å²) in [4.78, 5) is 8.93. The number of nitrogen functional groups attached to an aromatic ring is 1. The van der Waals surface area contributed by atoms with E-state index in [1.165, 1.54) is 32.1 Å². The van der Waals surface area contributed by atoms with E-state index in [0.717, 1.165) is 17.1 Å². The molecule has 4 rings (SSSR count). The van der Waals surface area contributed by atoms with Crippen molar-refractivity contribution in [2.45, 2.75) is 38.1 Å². The number of anilines is 2. The minimum absolute atomic E-state index is 0.460. The van der Waals surface area contributed by atoms with Gasteiger partial charge in [-0.15, -0.1) is 0 Å². The number of nitrogens with zero attached hydrogens (tertiary/aromatic N) is 3. The van der Waals surface area contributed by atoms with Crippen LogP contribution < -0.4 is 11.1 Å². The normalized spacial score (nSPS) is 15.8. The van der Waals surface area contributed by atoms with Crippen LogP contribution >= 0.6 is 0 Å². The third-order valence-electron chi connectivity index (χ3n) is 4.56. The average Bonchev–Trinajstić information content (AvgIpc) is 2.97. The molecular formula is C18H21N5. The fourth-order valence-corrected chi connectivity index (χ4v) is 3.37.